The molecule has 0 amide bonds. The molecule has 2 unspecified atom stereocenters. The Hall–Kier alpha value is -1.10. The third-order valence-electron chi connectivity index (χ3n) is 5.27. The fourth-order valence-electron chi connectivity index (χ4n) is 3.42. The van der Waals surface area contributed by atoms with E-state index in [1.165, 1.54) is 5.56 Å². The molecule has 1 aliphatic heterocycles. The van der Waals surface area contributed by atoms with E-state index >= 15 is 0 Å². The second kappa shape index (κ2) is 12.5. The minimum absolute atomic E-state index is 0. The highest BCUT2D eigenvalue weighted by Gasteiger charge is 2.34. The highest BCUT2D eigenvalue weighted by atomic mass is 127. The predicted octanol–water partition coefficient (Wildman–Crippen LogP) is 1.87. The lowest BCUT2D eigenvalue weighted by molar-refractivity contribution is 0.127. The van der Waals surface area contributed by atoms with Crippen LogP contribution in [-0.4, -0.2) is 77.1 Å². The monoisotopic (exact) mass is 506 g/mol. The fourth-order valence-corrected chi connectivity index (χ4v) is 3.42. The normalized spacial score (nSPS) is 20.6. The van der Waals surface area contributed by atoms with Crippen molar-refractivity contribution in [2.45, 2.75) is 18.9 Å². The van der Waals surface area contributed by atoms with E-state index in [2.05, 4.69) is 46.8 Å². The average molecular weight is 506 g/mol. The number of halogens is 1. The SMILES string of the molecule is CN=C(NCC(c1ccc(OC)cc1)N(C)C)NCC1(CCO)CCOC1.I. The third-order valence-corrected chi connectivity index (χ3v) is 5.27. The topological polar surface area (TPSA) is 78.4 Å². The van der Waals surface area contributed by atoms with Crippen LogP contribution in [0.3, 0.4) is 0 Å². The minimum Gasteiger partial charge on any atom is -0.497 e. The molecule has 1 fully saturated rings. The molecule has 7 nitrogen and oxygen atoms in total. The van der Waals surface area contributed by atoms with Crippen LogP contribution in [0.15, 0.2) is 29.3 Å². The first-order valence-electron chi connectivity index (χ1n) is 9.47. The van der Waals surface area contributed by atoms with Gasteiger partial charge in [-0.2, -0.15) is 0 Å². The molecule has 2 atom stereocenters. The number of aliphatic hydroxyl groups excluding tert-OH is 1. The summed E-state index contributed by atoms with van der Waals surface area (Å²) in [5, 5.41) is 16.2. The van der Waals surface area contributed by atoms with Crippen LogP contribution in [0, 0.1) is 5.41 Å². The Labute approximate surface area is 185 Å². The van der Waals surface area contributed by atoms with Gasteiger partial charge in [-0.15, -0.1) is 24.0 Å². The molecule has 1 aromatic carbocycles. The van der Waals surface area contributed by atoms with Gasteiger partial charge in [0, 0.05) is 38.8 Å². The van der Waals surface area contributed by atoms with Crippen molar-refractivity contribution < 1.29 is 14.6 Å². The van der Waals surface area contributed by atoms with Crippen molar-refractivity contribution in [1.29, 1.82) is 0 Å². The third kappa shape index (κ3) is 7.06. The van der Waals surface area contributed by atoms with Gasteiger partial charge < -0.3 is 30.1 Å². The summed E-state index contributed by atoms with van der Waals surface area (Å²) in [4.78, 5) is 6.53. The lowest BCUT2D eigenvalue weighted by Crippen LogP contribution is -2.46. The van der Waals surface area contributed by atoms with Crippen molar-refractivity contribution in [1.82, 2.24) is 15.5 Å². The molecule has 0 radical (unpaired) electrons. The zero-order valence-electron chi connectivity index (χ0n) is 17.4. The number of methoxy groups -OCH3 is 1. The van der Waals surface area contributed by atoms with Crippen molar-refractivity contribution in [2.75, 3.05) is 61.2 Å². The van der Waals surface area contributed by atoms with Crippen LogP contribution in [0.1, 0.15) is 24.4 Å². The lowest BCUT2D eigenvalue weighted by Gasteiger charge is -2.29. The second-order valence-electron chi connectivity index (χ2n) is 7.34. The van der Waals surface area contributed by atoms with Crippen molar-refractivity contribution in [3.8, 4) is 5.75 Å². The summed E-state index contributed by atoms with van der Waals surface area (Å²) in [6.45, 7) is 3.08. The number of ether oxygens (including phenoxy) is 2. The Morgan fingerprint density at radius 3 is 2.54 bits per heavy atom. The van der Waals surface area contributed by atoms with E-state index < -0.39 is 0 Å². The van der Waals surface area contributed by atoms with Crippen molar-refractivity contribution in [2.24, 2.45) is 10.4 Å². The molecule has 0 aliphatic carbocycles. The number of benzene rings is 1. The smallest absolute Gasteiger partial charge is 0.191 e. The summed E-state index contributed by atoms with van der Waals surface area (Å²) in [5.74, 6) is 1.62. The number of nitrogens with zero attached hydrogens (tertiary/aromatic N) is 2. The standard InChI is InChI=1S/C20H34N4O3.HI/c1-21-19(23-14-20(9-11-25)10-12-27-15-20)22-13-18(24(2)3)16-5-7-17(26-4)8-6-16;/h5-8,18,25H,9-15H2,1-4H3,(H2,21,22,23);1H. The summed E-state index contributed by atoms with van der Waals surface area (Å²) in [5.41, 5.74) is 1.20. The van der Waals surface area contributed by atoms with Gasteiger partial charge in [0.2, 0.25) is 0 Å². The summed E-state index contributed by atoms with van der Waals surface area (Å²) >= 11 is 0. The second-order valence-corrected chi connectivity index (χ2v) is 7.34. The molecule has 1 aromatic rings. The Morgan fingerprint density at radius 1 is 1.32 bits per heavy atom. The first kappa shape index (κ1) is 24.9. The van der Waals surface area contributed by atoms with Crippen molar-refractivity contribution >= 4 is 29.9 Å². The zero-order chi connectivity index (χ0) is 19.7. The molecule has 1 saturated heterocycles. The van der Waals surface area contributed by atoms with Gasteiger partial charge in [0.15, 0.2) is 5.96 Å². The van der Waals surface area contributed by atoms with E-state index in [1.54, 1.807) is 14.2 Å². The maximum absolute atomic E-state index is 9.37. The molecular weight excluding hydrogens is 471 g/mol. The van der Waals surface area contributed by atoms with E-state index in [1.807, 2.05) is 12.1 Å². The summed E-state index contributed by atoms with van der Waals surface area (Å²) in [6.07, 6.45) is 1.70. The van der Waals surface area contributed by atoms with Gasteiger partial charge in [-0.25, -0.2) is 0 Å². The van der Waals surface area contributed by atoms with E-state index in [9.17, 15) is 5.11 Å². The van der Waals surface area contributed by atoms with Gasteiger partial charge in [-0.1, -0.05) is 12.1 Å². The van der Waals surface area contributed by atoms with Gasteiger partial charge in [0.05, 0.1) is 19.8 Å². The molecule has 0 bridgehead atoms. The van der Waals surface area contributed by atoms with Crippen LogP contribution in [0.5, 0.6) is 5.75 Å². The van der Waals surface area contributed by atoms with E-state index in [4.69, 9.17) is 9.47 Å². The molecule has 0 spiro atoms. The molecule has 1 heterocycles. The number of guanidine groups is 1. The molecule has 8 heteroatoms. The highest BCUT2D eigenvalue weighted by Crippen LogP contribution is 2.31. The largest absolute Gasteiger partial charge is 0.497 e. The molecule has 2 rings (SSSR count). The number of nitrogens with one attached hydrogen (secondary N) is 2. The predicted molar refractivity (Wildman–Crippen MR) is 124 cm³/mol. The number of rotatable bonds is 9. The first-order valence-corrected chi connectivity index (χ1v) is 9.47. The Balaban J connectivity index is 0.00000392. The van der Waals surface area contributed by atoms with E-state index in [0.29, 0.717) is 6.61 Å². The molecule has 0 aromatic heterocycles. The molecule has 0 saturated carbocycles. The van der Waals surface area contributed by atoms with Gasteiger partial charge in [-0.3, -0.25) is 4.99 Å². The van der Waals surface area contributed by atoms with Crippen molar-refractivity contribution in [3.05, 3.63) is 29.8 Å². The number of hydrogen-bond donors (Lipinski definition) is 3. The molecule has 3 N–H and O–H groups in total. The van der Waals surface area contributed by atoms with E-state index in [-0.39, 0.29) is 42.0 Å². The van der Waals surface area contributed by atoms with Crippen LogP contribution in [0.25, 0.3) is 0 Å². The fraction of sp³-hybridized carbons (Fsp3) is 0.650. The molecular formula is C20H35IN4O3. The quantitative estimate of drug-likeness (QED) is 0.270. The zero-order valence-corrected chi connectivity index (χ0v) is 19.7. The Morgan fingerprint density at radius 2 is 2.04 bits per heavy atom. The minimum atomic E-state index is -0.0106. The van der Waals surface area contributed by atoms with Gasteiger partial charge in [0.1, 0.15) is 5.75 Å². The van der Waals surface area contributed by atoms with Crippen LogP contribution in [0.4, 0.5) is 0 Å². The summed E-state index contributed by atoms with van der Waals surface area (Å²) < 4.78 is 10.8. The maximum Gasteiger partial charge on any atom is 0.191 e. The molecule has 160 valence electrons. The summed E-state index contributed by atoms with van der Waals surface area (Å²) in [7, 11) is 7.59. The number of aliphatic hydroxyl groups is 1. The Bertz CT molecular complexity index is 590. The molecule has 28 heavy (non-hydrogen) atoms. The van der Waals surface area contributed by atoms with Crippen molar-refractivity contribution in [3.63, 3.8) is 0 Å². The number of hydrogen-bond acceptors (Lipinski definition) is 5. The average Bonchev–Trinajstić information content (AvgIpc) is 3.13. The molecule has 1 aliphatic rings. The lowest BCUT2D eigenvalue weighted by atomic mass is 9.84. The summed E-state index contributed by atoms with van der Waals surface area (Å²) in [6, 6.07) is 8.35. The number of likely N-dealkylation sites (N-methyl/N-ethyl adjacent to an activating group) is 1. The highest BCUT2D eigenvalue weighted by molar-refractivity contribution is 14.0. The van der Waals surface area contributed by atoms with Crippen LogP contribution in [-0.2, 0) is 4.74 Å². The van der Waals surface area contributed by atoms with Crippen LogP contribution < -0.4 is 15.4 Å². The van der Waals surface area contributed by atoms with Crippen LogP contribution in [0.2, 0.25) is 0 Å². The van der Waals surface area contributed by atoms with Gasteiger partial charge in [0.25, 0.3) is 0 Å². The van der Waals surface area contributed by atoms with Gasteiger partial charge >= 0.3 is 0 Å². The van der Waals surface area contributed by atoms with Gasteiger partial charge in [-0.05, 0) is 44.6 Å². The first-order chi connectivity index (χ1) is 13.0. The maximum atomic E-state index is 9.37. The van der Waals surface area contributed by atoms with E-state index in [0.717, 1.165) is 44.2 Å². The Kier molecular flexibility index (Phi) is 11.1. The number of aliphatic imine (C=N–C) groups is 1. The van der Waals surface area contributed by atoms with Crippen LogP contribution >= 0.6 is 24.0 Å².